The van der Waals surface area contributed by atoms with Crippen LogP contribution < -0.4 is 5.32 Å². The van der Waals surface area contributed by atoms with Gasteiger partial charge in [-0.2, -0.15) is 0 Å². The highest BCUT2D eigenvalue weighted by atomic mass is 35.5. The average Bonchev–Trinajstić information content (AvgIpc) is 3.07. The molecule has 2 aromatic rings. The van der Waals surface area contributed by atoms with E-state index < -0.39 is 0 Å². The van der Waals surface area contributed by atoms with Crippen LogP contribution in [0.3, 0.4) is 0 Å². The van der Waals surface area contributed by atoms with Crippen molar-refractivity contribution in [2.75, 3.05) is 11.6 Å². The Bertz CT molecular complexity index is 766. The van der Waals surface area contributed by atoms with Gasteiger partial charge < -0.3 is 5.32 Å². The van der Waals surface area contributed by atoms with E-state index in [4.69, 9.17) is 11.6 Å². The Kier molecular flexibility index (Phi) is 3.90. The lowest BCUT2D eigenvalue weighted by atomic mass is 9.76. The molecule has 1 heterocycles. The summed E-state index contributed by atoms with van der Waals surface area (Å²) in [6.07, 6.45) is 7.88. The Balaban J connectivity index is 1.79. The van der Waals surface area contributed by atoms with Crippen LogP contribution in [0.2, 0.25) is 5.02 Å². The van der Waals surface area contributed by atoms with Crippen LogP contribution in [-0.4, -0.2) is 6.26 Å². The zero-order valence-corrected chi connectivity index (χ0v) is 14.9. The van der Waals surface area contributed by atoms with E-state index in [0.717, 1.165) is 11.4 Å². The first-order valence-corrected chi connectivity index (χ1v) is 9.65. The van der Waals surface area contributed by atoms with E-state index in [2.05, 4.69) is 61.0 Å². The van der Waals surface area contributed by atoms with E-state index in [1.807, 2.05) is 6.07 Å². The molecule has 0 radical (unpaired) electrons. The molecule has 0 amide bonds. The maximum Gasteiger partial charge on any atom is 0.0554 e. The van der Waals surface area contributed by atoms with Gasteiger partial charge in [0, 0.05) is 27.1 Å². The lowest BCUT2D eigenvalue weighted by molar-refractivity contribution is 0.425. The Morgan fingerprint density at radius 3 is 2.65 bits per heavy atom. The SMILES string of the molecule is CSc1ccc(C2Nc3c(C)ccc(Cl)c3C3C=CCC32)cc1. The fraction of sp³-hybridized carbons (Fsp3) is 0.300. The van der Waals surface area contributed by atoms with Crippen molar-refractivity contribution in [3.05, 3.63) is 70.3 Å². The van der Waals surface area contributed by atoms with Gasteiger partial charge in [0.05, 0.1) is 6.04 Å². The smallest absolute Gasteiger partial charge is 0.0554 e. The van der Waals surface area contributed by atoms with Crippen molar-refractivity contribution in [3.63, 3.8) is 0 Å². The molecule has 1 aliphatic carbocycles. The zero-order chi connectivity index (χ0) is 16.0. The number of thioether (sulfide) groups is 1. The molecule has 0 saturated heterocycles. The summed E-state index contributed by atoms with van der Waals surface area (Å²) in [7, 11) is 0. The second kappa shape index (κ2) is 5.92. The number of benzene rings is 2. The molecule has 1 aliphatic heterocycles. The minimum absolute atomic E-state index is 0.343. The second-order valence-electron chi connectivity index (χ2n) is 6.40. The molecular formula is C20H20ClNS. The Morgan fingerprint density at radius 1 is 1.13 bits per heavy atom. The molecule has 0 bridgehead atoms. The monoisotopic (exact) mass is 341 g/mol. The van der Waals surface area contributed by atoms with Gasteiger partial charge in [-0.3, -0.25) is 0 Å². The number of hydrogen-bond acceptors (Lipinski definition) is 2. The maximum atomic E-state index is 6.54. The third-order valence-electron chi connectivity index (χ3n) is 5.15. The van der Waals surface area contributed by atoms with Gasteiger partial charge in [0.25, 0.3) is 0 Å². The van der Waals surface area contributed by atoms with Gasteiger partial charge in [0.2, 0.25) is 0 Å². The molecule has 0 aromatic heterocycles. The molecule has 0 fully saturated rings. The normalized spacial score (nSPS) is 24.9. The highest BCUT2D eigenvalue weighted by Gasteiger charge is 2.39. The number of rotatable bonds is 2. The fourth-order valence-electron chi connectivity index (χ4n) is 3.95. The van der Waals surface area contributed by atoms with Crippen LogP contribution in [0, 0.1) is 12.8 Å². The zero-order valence-electron chi connectivity index (χ0n) is 13.3. The van der Waals surface area contributed by atoms with E-state index in [0.29, 0.717) is 17.9 Å². The third-order valence-corrected chi connectivity index (χ3v) is 6.22. The number of aryl methyl sites for hydroxylation is 1. The van der Waals surface area contributed by atoms with Gasteiger partial charge in [-0.1, -0.05) is 42.0 Å². The predicted molar refractivity (Wildman–Crippen MR) is 101 cm³/mol. The first-order chi connectivity index (χ1) is 11.2. The minimum atomic E-state index is 0.343. The number of anilines is 1. The summed E-state index contributed by atoms with van der Waals surface area (Å²) in [5, 5.41) is 4.69. The van der Waals surface area contributed by atoms with Crippen molar-refractivity contribution in [1.29, 1.82) is 0 Å². The van der Waals surface area contributed by atoms with Crippen molar-refractivity contribution < 1.29 is 0 Å². The van der Waals surface area contributed by atoms with Crippen molar-refractivity contribution >= 4 is 29.1 Å². The summed E-state index contributed by atoms with van der Waals surface area (Å²) in [6.45, 7) is 2.16. The standard InChI is InChI=1S/C20H20ClNS/c1-12-6-11-17(21)18-15-4-3-5-16(15)20(22-19(12)18)13-7-9-14(23-2)10-8-13/h3-4,6-11,15-16,20,22H,5H2,1-2H3. The summed E-state index contributed by atoms with van der Waals surface area (Å²) < 4.78 is 0. The lowest BCUT2D eigenvalue weighted by Crippen LogP contribution is -2.29. The van der Waals surface area contributed by atoms with Gasteiger partial charge in [0.1, 0.15) is 0 Å². The van der Waals surface area contributed by atoms with Gasteiger partial charge >= 0.3 is 0 Å². The van der Waals surface area contributed by atoms with E-state index in [1.54, 1.807) is 11.8 Å². The Hall–Kier alpha value is -1.38. The van der Waals surface area contributed by atoms with Crippen molar-refractivity contribution in [2.45, 2.75) is 30.2 Å². The first-order valence-electron chi connectivity index (χ1n) is 8.05. The van der Waals surface area contributed by atoms with Crippen molar-refractivity contribution in [3.8, 4) is 0 Å². The van der Waals surface area contributed by atoms with Crippen LogP contribution in [0.1, 0.15) is 35.1 Å². The molecule has 3 atom stereocenters. The molecule has 0 spiro atoms. The summed E-state index contributed by atoms with van der Waals surface area (Å²) >= 11 is 8.32. The molecule has 2 aliphatic rings. The van der Waals surface area contributed by atoms with Gasteiger partial charge in [-0.05, 0) is 54.8 Å². The highest BCUT2D eigenvalue weighted by molar-refractivity contribution is 7.98. The Labute approximate surface area is 147 Å². The molecule has 1 N–H and O–H groups in total. The first kappa shape index (κ1) is 15.2. The number of fused-ring (bicyclic) bond motifs is 3. The topological polar surface area (TPSA) is 12.0 Å². The molecule has 0 saturated carbocycles. The van der Waals surface area contributed by atoms with Crippen molar-refractivity contribution in [2.24, 2.45) is 5.92 Å². The number of hydrogen-bond donors (Lipinski definition) is 1. The summed E-state index contributed by atoms with van der Waals surface area (Å²) in [4.78, 5) is 1.31. The maximum absolute atomic E-state index is 6.54. The molecule has 118 valence electrons. The summed E-state index contributed by atoms with van der Waals surface area (Å²) in [5.41, 5.74) is 5.15. The van der Waals surface area contributed by atoms with Crippen LogP contribution in [0.25, 0.3) is 0 Å². The van der Waals surface area contributed by atoms with Crippen LogP contribution in [0.4, 0.5) is 5.69 Å². The summed E-state index contributed by atoms with van der Waals surface area (Å²) in [5.74, 6) is 0.964. The number of allylic oxidation sites excluding steroid dienone is 2. The largest absolute Gasteiger partial charge is 0.377 e. The van der Waals surface area contributed by atoms with Crippen LogP contribution in [0.15, 0.2) is 53.4 Å². The van der Waals surface area contributed by atoms with Gasteiger partial charge in [-0.25, -0.2) is 0 Å². The number of halogens is 1. The molecule has 4 rings (SSSR count). The fourth-order valence-corrected chi connectivity index (χ4v) is 4.64. The molecule has 3 heteroatoms. The number of nitrogens with one attached hydrogen (secondary N) is 1. The van der Waals surface area contributed by atoms with E-state index in [-0.39, 0.29) is 0 Å². The molecule has 2 aromatic carbocycles. The average molecular weight is 342 g/mol. The van der Waals surface area contributed by atoms with Crippen LogP contribution in [0.5, 0.6) is 0 Å². The molecular weight excluding hydrogens is 322 g/mol. The minimum Gasteiger partial charge on any atom is -0.377 e. The van der Waals surface area contributed by atoms with Gasteiger partial charge in [0.15, 0.2) is 0 Å². The third kappa shape index (κ3) is 2.49. The summed E-state index contributed by atoms with van der Waals surface area (Å²) in [6, 6.07) is 13.5. The van der Waals surface area contributed by atoms with E-state index in [1.165, 1.54) is 27.3 Å². The highest BCUT2D eigenvalue weighted by Crippen LogP contribution is 2.52. The lowest BCUT2D eigenvalue weighted by Gasteiger charge is -2.38. The van der Waals surface area contributed by atoms with Gasteiger partial charge in [-0.15, -0.1) is 11.8 Å². The van der Waals surface area contributed by atoms with Crippen LogP contribution >= 0.6 is 23.4 Å². The predicted octanol–water partition coefficient (Wildman–Crippen LogP) is 6.20. The molecule has 3 unspecified atom stereocenters. The van der Waals surface area contributed by atoms with Crippen LogP contribution in [-0.2, 0) is 0 Å². The quantitative estimate of drug-likeness (QED) is 0.515. The van der Waals surface area contributed by atoms with Crippen molar-refractivity contribution in [1.82, 2.24) is 0 Å². The van der Waals surface area contributed by atoms with E-state index >= 15 is 0 Å². The van der Waals surface area contributed by atoms with E-state index in [9.17, 15) is 0 Å². The molecule has 23 heavy (non-hydrogen) atoms. The molecule has 1 nitrogen and oxygen atoms in total. The second-order valence-corrected chi connectivity index (χ2v) is 7.69. The Morgan fingerprint density at radius 2 is 1.91 bits per heavy atom.